The third-order valence-electron chi connectivity index (χ3n) is 5.09. The van der Waals surface area contributed by atoms with Crippen molar-refractivity contribution in [1.29, 1.82) is 0 Å². The molecule has 2 saturated carbocycles. The largest absolute Gasteiger partial charge is 0.392 e. The minimum Gasteiger partial charge on any atom is -0.392 e. The summed E-state index contributed by atoms with van der Waals surface area (Å²) in [6, 6.07) is 0. The Bertz CT molecular complexity index is 543. The number of allylic oxidation sites excluding steroid dienone is 1. The molecule has 126 valence electrons. The van der Waals surface area contributed by atoms with Crippen LogP contribution >= 0.6 is 0 Å². The highest BCUT2D eigenvalue weighted by molar-refractivity contribution is 5.22. The monoisotopic (exact) mass is 316 g/mol. The number of aliphatic hydroxyl groups is 3. The Kier molecular flexibility index (Phi) is 6.72. The predicted molar refractivity (Wildman–Crippen MR) is 91.1 cm³/mol. The molecule has 0 aromatic carbocycles. The molecular formula is C20H28O3. The van der Waals surface area contributed by atoms with Gasteiger partial charge in [0.1, 0.15) is 6.10 Å². The number of fused-ring (bicyclic) bond motifs is 1. The Morgan fingerprint density at radius 3 is 2.78 bits per heavy atom. The molecule has 23 heavy (non-hydrogen) atoms. The maximum atomic E-state index is 10.3. The Labute approximate surface area is 139 Å². The zero-order valence-corrected chi connectivity index (χ0v) is 14.1. The minimum absolute atomic E-state index is 0.0179. The van der Waals surface area contributed by atoms with E-state index >= 15 is 0 Å². The standard InChI is InChI=1S/C20H28O3/c1-3-4-5-6-14(2)19(22)8-7-17-18-12-15(9-10-21)11-16(18)13-20(17)23/h9,14,16-23H,3,6,10-13H2,1-2H3/b15-9+/t14-,16-,17+,18-,19+,20+/m0/s1. The van der Waals surface area contributed by atoms with Crippen LogP contribution in [0.5, 0.6) is 0 Å². The first kappa shape index (κ1) is 18.1. The van der Waals surface area contributed by atoms with Crippen LogP contribution in [0, 0.1) is 47.4 Å². The van der Waals surface area contributed by atoms with Crippen LogP contribution in [0.25, 0.3) is 0 Å². The highest BCUT2D eigenvalue weighted by Crippen LogP contribution is 2.49. The van der Waals surface area contributed by atoms with E-state index in [-0.39, 0.29) is 18.4 Å². The zero-order chi connectivity index (χ0) is 16.8. The van der Waals surface area contributed by atoms with Crippen molar-refractivity contribution >= 4 is 0 Å². The van der Waals surface area contributed by atoms with Crippen LogP contribution < -0.4 is 0 Å². The van der Waals surface area contributed by atoms with Gasteiger partial charge < -0.3 is 15.3 Å². The lowest BCUT2D eigenvalue weighted by Gasteiger charge is -2.16. The molecule has 2 fully saturated rings. The first-order chi connectivity index (χ1) is 11.1. The molecule has 0 aromatic rings. The Balaban J connectivity index is 1.98. The molecular weight excluding hydrogens is 288 g/mol. The van der Waals surface area contributed by atoms with Crippen molar-refractivity contribution in [3.8, 4) is 23.7 Å². The molecule has 3 heteroatoms. The molecule has 0 spiro atoms. The van der Waals surface area contributed by atoms with Crippen LogP contribution in [0.4, 0.5) is 0 Å². The van der Waals surface area contributed by atoms with Crippen LogP contribution in [0.2, 0.25) is 0 Å². The van der Waals surface area contributed by atoms with Gasteiger partial charge in [-0.05, 0) is 31.1 Å². The Morgan fingerprint density at radius 2 is 2.09 bits per heavy atom. The molecule has 0 aromatic heterocycles. The SMILES string of the molecule is CCC#CC[C@H](C)[C@H](O)C#C[C@@H]1[C@H]2C/C(=C/CO)C[C@H]2C[C@H]1O. The van der Waals surface area contributed by atoms with Crippen molar-refractivity contribution in [1.82, 2.24) is 0 Å². The van der Waals surface area contributed by atoms with Gasteiger partial charge in [0.25, 0.3) is 0 Å². The van der Waals surface area contributed by atoms with E-state index < -0.39 is 12.2 Å². The summed E-state index contributed by atoms with van der Waals surface area (Å²) >= 11 is 0. The first-order valence-electron chi connectivity index (χ1n) is 8.68. The van der Waals surface area contributed by atoms with Gasteiger partial charge in [0.2, 0.25) is 0 Å². The lowest BCUT2D eigenvalue weighted by molar-refractivity contribution is 0.143. The van der Waals surface area contributed by atoms with Crippen molar-refractivity contribution in [3.05, 3.63) is 11.6 Å². The highest BCUT2D eigenvalue weighted by atomic mass is 16.3. The third kappa shape index (κ3) is 4.61. The van der Waals surface area contributed by atoms with Gasteiger partial charge >= 0.3 is 0 Å². The molecule has 0 aliphatic heterocycles. The Hall–Kier alpha value is -1.26. The maximum absolute atomic E-state index is 10.3. The predicted octanol–water partition coefficient (Wildman–Crippen LogP) is 2.12. The van der Waals surface area contributed by atoms with Gasteiger partial charge in [-0.15, -0.1) is 11.8 Å². The topological polar surface area (TPSA) is 60.7 Å². The Morgan fingerprint density at radius 1 is 1.30 bits per heavy atom. The van der Waals surface area contributed by atoms with Crippen molar-refractivity contribution < 1.29 is 15.3 Å². The molecule has 3 N–H and O–H groups in total. The quantitative estimate of drug-likeness (QED) is 0.552. The van der Waals surface area contributed by atoms with Crippen molar-refractivity contribution in [3.63, 3.8) is 0 Å². The van der Waals surface area contributed by atoms with E-state index in [2.05, 4.69) is 23.7 Å². The molecule has 0 amide bonds. The summed E-state index contributed by atoms with van der Waals surface area (Å²) in [7, 11) is 0. The van der Waals surface area contributed by atoms with Gasteiger partial charge in [0, 0.05) is 24.7 Å². The second kappa shape index (κ2) is 8.55. The molecule has 0 heterocycles. The van der Waals surface area contributed by atoms with Crippen molar-refractivity contribution in [2.75, 3.05) is 6.61 Å². The van der Waals surface area contributed by atoms with E-state index in [0.29, 0.717) is 18.3 Å². The normalized spacial score (nSPS) is 33.3. The summed E-state index contributed by atoms with van der Waals surface area (Å²) < 4.78 is 0. The third-order valence-corrected chi connectivity index (χ3v) is 5.09. The smallest absolute Gasteiger partial charge is 0.118 e. The van der Waals surface area contributed by atoms with E-state index in [1.807, 2.05) is 19.9 Å². The number of hydrogen-bond acceptors (Lipinski definition) is 3. The molecule has 6 atom stereocenters. The average Bonchev–Trinajstić information content (AvgIpc) is 3.02. The molecule has 0 unspecified atom stereocenters. The van der Waals surface area contributed by atoms with E-state index in [9.17, 15) is 10.2 Å². The van der Waals surface area contributed by atoms with Gasteiger partial charge in [0.05, 0.1) is 12.7 Å². The molecule has 0 saturated heterocycles. The van der Waals surface area contributed by atoms with E-state index in [1.54, 1.807) is 0 Å². The number of aliphatic hydroxyl groups excluding tert-OH is 3. The summed E-state index contributed by atoms with van der Waals surface area (Å²) in [5.74, 6) is 12.9. The van der Waals surface area contributed by atoms with Crippen LogP contribution in [0.15, 0.2) is 11.6 Å². The van der Waals surface area contributed by atoms with Gasteiger partial charge in [-0.3, -0.25) is 0 Å². The van der Waals surface area contributed by atoms with Gasteiger partial charge in [-0.25, -0.2) is 0 Å². The lowest BCUT2D eigenvalue weighted by atomic mass is 9.91. The summed E-state index contributed by atoms with van der Waals surface area (Å²) in [5.41, 5.74) is 1.28. The summed E-state index contributed by atoms with van der Waals surface area (Å²) in [6.07, 6.45) is 4.93. The number of hydrogen-bond donors (Lipinski definition) is 3. The molecule has 3 nitrogen and oxygen atoms in total. The fourth-order valence-corrected chi connectivity index (χ4v) is 3.75. The van der Waals surface area contributed by atoms with Gasteiger partial charge in [0.15, 0.2) is 0 Å². The zero-order valence-electron chi connectivity index (χ0n) is 14.1. The van der Waals surface area contributed by atoms with E-state index in [1.165, 1.54) is 5.57 Å². The molecule has 2 aliphatic carbocycles. The molecule has 0 radical (unpaired) electrons. The van der Waals surface area contributed by atoms with E-state index in [0.717, 1.165) is 25.7 Å². The fraction of sp³-hybridized carbons (Fsp3) is 0.700. The van der Waals surface area contributed by atoms with Gasteiger partial charge in [-0.2, -0.15) is 0 Å². The second-order valence-electron chi connectivity index (χ2n) is 6.83. The lowest BCUT2D eigenvalue weighted by Crippen LogP contribution is -2.19. The molecule has 2 rings (SSSR count). The summed E-state index contributed by atoms with van der Waals surface area (Å²) in [5, 5.41) is 29.5. The second-order valence-corrected chi connectivity index (χ2v) is 6.83. The maximum Gasteiger partial charge on any atom is 0.118 e. The van der Waals surface area contributed by atoms with Crippen LogP contribution in [0.3, 0.4) is 0 Å². The first-order valence-corrected chi connectivity index (χ1v) is 8.68. The number of rotatable bonds is 3. The average molecular weight is 316 g/mol. The summed E-state index contributed by atoms with van der Waals surface area (Å²) in [4.78, 5) is 0. The van der Waals surface area contributed by atoms with Crippen LogP contribution in [-0.2, 0) is 0 Å². The van der Waals surface area contributed by atoms with E-state index in [4.69, 9.17) is 5.11 Å². The van der Waals surface area contributed by atoms with Crippen molar-refractivity contribution in [2.24, 2.45) is 23.7 Å². The van der Waals surface area contributed by atoms with Gasteiger partial charge in [-0.1, -0.05) is 37.3 Å². The highest BCUT2D eigenvalue weighted by Gasteiger charge is 2.45. The summed E-state index contributed by atoms with van der Waals surface area (Å²) in [6.45, 7) is 4.05. The van der Waals surface area contributed by atoms with Crippen molar-refractivity contribution in [2.45, 2.75) is 58.2 Å². The minimum atomic E-state index is -0.693. The molecule has 0 bridgehead atoms. The van der Waals surface area contributed by atoms with Crippen LogP contribution in [-0.4, -0.2) is 34.1 Å². The van der Waals surface area contributed by atoms with Crippen LogP contribution in [0.1, 0.15) is 46.0 Å². The molecule has 2 aliphatic rings. The fourth-order valence-electron chi connectivity index (χ4n) is 3.75.